The van der Waals surface area contributed by atoms with E-state index in [-0.39, 0.29) is 17.8 Å². The molecule has 2 fully saturated rings. The van der Waals surface area contributed by atoms with Gasteiger partial charge in [-0.2, -0.15) is 0 Å². The zero-order chi connectivity index (χ0) is 18.0. The van der Waals surface area contributed by atoms with Crippen LogP contribution in [0.5, 0.6) is 0 Å². The molecule has 2 saturated heterocycles. The van der Waals surface area contributed by atoms with Crippen molar-refractivity contribution in [1.29, 1.82) is 0 Å². The zero-order valence-corrected chi connectivity index (χ0v) is 16.2. The molecule has 0 aromatic carbocycles. The molecule has 0 bridgehead atoms. The van der Waals surface area contributed by atoms with Crippen LogP contribution in [0.1, 0.15) is 43.3 Å². The Balaban J connectivity index is 1.85. The van der Waals surface area contributed by atoms with Gasteiger partial charge in [-0.05, 0) is 45.1 Å². The summed E-state index contributed by atoms with van der Waals surface area (Å²) in [5, 5.41) is 1.93. The second kappa shape index (κ2) is 7.46. The second-order valence-corrected chi connectivity index (χ2v) is 8.38. The van der Waals surface area contributed by atoms with E-state index >= 15 is 0 Å². The second-order valence-electron chi connectivity index (χ2n) is 7.43. The van der Waals surface area contributed by atoms with Crippen molar-refractivity contribution in [3.63, 3.8) is 0 Å². The molecular weight excluding hydrogens is 336 g/mol. The molecule has 6 heteroatoms. The van der Waals surface area contributed by atoms with E-state index < -0.39 is 5.41 Å². The standard InChI is InChI=1S/C19H28N2O3S/c1-4-24-18(23)19-8-6-9-20(17(22)16-7-5-10-25-16)11-15(19)12-21(13-19)14(2)3/h5,7,10,14-15H,4,6,8-9,11-13H2,1-3H3/t15-,19-/m1/s1. The number of amides is 1. The Morgan fingerprint density at radius 1 is 1.40 bits per heavy atom. The molecule has 138 valence electrons. The van der Waals surface area contributed by atoms with Gasteiger partial charge < -0.3 is 9.64 Å². The normalized spacial score (nSPS) is 27.2. The molecule has 3 rings (SSSR count). The van der Waals surface area contributed by atoms with Crippen molar-refractivity contribution in [2.24, 2.45) is 11.3 Å². The minimum Gasteiger partial charge on any atom is -0.466 e. The van der Waals surface area contributed by atoms with Gasteiger partial charge in [-0.15, -0.1) is 11.3 Å². The lowest BCUT2D eigenvalue weighted by Crippen LogP contribution is -2.43. The summed E-state index contributed by atoms with van der Waals surface area (Å²) in [7, 11) is 0. The minimum atomic E-state index is -0.468. The Hall–Kier alpha value is -1.40. The quantitative estimate of drug-likeness (QED) is 0.771. The van der Waals surface area contributed by atoms with Gasteiger partial charge in [-0.25, -0.2) is 0 Å². The summed E-state index contributed by atoms with van der Waals surface area (Å²) < 4.78 is 5.47. The fourth-order valence-corrected chi connectivity index (χ4v) is 4.91. The summed E-state index contributed by atoms with van der Waals surface area (Å²) in [6.07, 6.45) is 1.65. The number of nitrogens with zero attached hydrogens (tertiary/aromatic N) is 2. The van der Waals surface area contributed by atoms with Gasteiger partial charge in [0.15, 0.2) is 0 Å². The highest BCUT2D eigenvalue weighted by Crippen LogP contribution is 2.44. The van der Waals surface area contributed by atoms with Crippen LogP contribution in [0.4, 0.5) is 0 Å². The lowest BCUT2D eigenvalue weighted by Gasteiger charge is -2.31. The minimum absolute atomic E-state index is 0.0754. The molecule has 1 aromatic heterocycles. The van der Waals surface area contributed by atoms with Crippen molar-refractivity contribution in [2.75, 3.05) is 32.8 Å². The fraction of sp³-hybridized carbons (Fsp3) is 0.684. The number of rotatable bonds is 4. The summed E-state index contributed by atoms with van der Waals surface area (Å²) in [4.78, 5) is 30.8. The average molecular weight is 365 g/mol. The third-order valence-corrected chi connectivity index (χ3v) is 6.50. The predicted octanol–water partition coefficient (Wildman–Crippen LogP) is 2.87. The van der Waals surface area contributed by atoms with Crippen LogP contribution in [0, 0.1) is 11.3 Å². The highest BCUT2D eigenvalue weighted by atomic mass is 32.1. The van der Waals surface area contributed by atoms with Crippen molar-refractivity contribution in [2.45, 2.75) is 39.7 Å². The van der Waals surface area contributed by atoms with Gasteiger partial charge in [0.05, 0.1) is 16.9 Å². The van der Waals surface area contributed by atoms with Crippen LogP contribution in [0.3, 0.4) is 0 Å². The predicted molar refractivity (Wildman–Crippen MR) is 98.7 cm³/mol. The number of carbonyl (C=O) groups is 2. The number of fused-ring (bicyclic) bond motifs is 1. The van der Waals surface area contributed by atoms with Crippen molar-refractivity contribution in [3.8, 4) is 0 Å². The molecule has 2 atom stereocenters. The molecule has 0 unspecified atom stereocenters. The Kier molecular flexibility index (Phi) is 5.49. The lowest BCUT2D eigenvalue weighted by atomic mass is 9.75. The molecule has 5 nitrogen and oxygen atoms in total. The first kappa shape index (κ1) is 18.4. The van der Waals surface area contributed by atoms with Crippen molar-refractivity contribution in [1.82, 2.24) is 9.80 Å². The monoisotopic (exact) mass is 364 g/mol. The van der Waals surface area contributed by atoms with Crippen LogP contribution in [0.2, 0.25) is 0 Å². The molecule has 0 aliphatic carbocycles. The molecular formula is C19H28N2O3S. The lowest BCUT2D eigenvalue weighted by molar-refractivity contribution is -0.157. The van der Waals surface area contributed by atoms with Gasteiger partial charge in [0.25, 0.3) is 5.91 Å². The van der Waals surface area contributed by atoms with Gasteiger partial charge in [0.2, 0.25) is 0 Å². The first-order valence-corrected chi connectivity index (χ1v) is 10.1. The number of thiophene rings is 1. The van der Waals surface area contributed by atoms with Gasteiger partial charge in [-0.3, -0.25) is 14.5 Å². The van der Waals surface area contributed by atoms with Gasteiger partial charge in [0, 0.05) is 38.1 Å². The molecule has 0 N–H and O–H groups in total. The smallest absolute Gasteiger partial charge is 0.313 e. The first-order valence-electron chi connectivity index (χ1n) is 9.22. The summed E-state index contributed by atoms with van der Waals surface area (Å²) >= 11 is 1.48. The summed E-state index contributed by atoms with van der Waals surface area (Å²) in [5.41, 5.74) is -0.468. The molecule has 25 heavy (non-hydrogen) atoms. The van der Waals surface area contributed by atoms with E-state index in [0.717, 1.165) is 37.4 Å². The number of likely N-dealkylation sites (tertiary alicyclic amines) is 2. The largest absolute Gasteiger partial charge is 0.466 e. The Bertz CT molecular complexity index is 616. The van der Waals surface area contributed by atoms with Crippen LogP contribution in [0.25, 0.3) is 0 Å². The van der Waals surface area contributed by atoms with Gasteiger partial charge >= 0.3 is 5.97 Å². The van der Waals surface area contributed by atoms with Crippen LogP contribution >= 0.6 is 11.3 Å². The molecule has 2 aliphatic rings. The van der Waals surface area contributed by atoms with Crippen LogP contribution in [0.15, 0.2) is 17.5 Å². The summed E-state index contributed by atoms with van der Waals surface area (Å²) in [6.45, 7) is 9.56. The maximum Gasteiger partial charge on any atom is 0.313 e. The number of carbonyl (C=O) groups excluding carboxylic acids is 2. The third kappa shape index (κ3) is 3.47. The molecule has 2 aliphatic heterocycles. The number of esters is 1. The highest BCUT2D eigenvalue weighted by molar-refractivity contribution is 7.12. The molecule has 3 heterocycles. The van der Waals surface area contributed by atoms with E-state index in [1.807, 2.05) is 29.3 Å². The Morgan fingerprint density at radius 3 is 2.84 bits per heavy atom. The molecule has 1 aromatic rings. The molecule has 0 saturated carbocycles. The van der Waals surface area contributed by atoms with Crippen LogP contribution in [-0.4, -0.2) is 60.5 Å². The van der Waals surface area contributed by atoms with Gasteiger partial charge in [0.1, 0.15) is 0 Å². The van der Waals surface area contributed by atoms with E-state index in [9.17, 15) is 9.59 Å². The Labute approximate surface area is 153 Å². The topological polar surface area (TPSA) is 49.9 Å². The molecule has 1 amide bonds. The van der Waals surface area contributed by atoms with Crippen LogP contribution < -0.4 is 0 Å². The van der Waals surface area contributed by atoms with Crippen molar-refractivity contribution < 1.29 is 14.3 Å². The maximum absolute atomic E-state index is 12.9. The van der Waals surface area contributed by atoms with E-state index in [1.165, 1.54) is 11.3 Å². The SMILES string of the molecule is CCOC(=O)[C@@]12CCCN(C(=O)c3cccs3)C[C@@H]1CN(C(C)C)C2. The van der Waals surface area contributed by atoms with E-state index in [0.29, 0.717) is 19.2 Å². The van der Waals surface area contributed by atoms with E-state index in [1.54, 1.807) is 0 Å². The van der Waals surface area contributed by atoms with Crippen LogP contribution in [-0.2, 0) is 9.53 Å². The molecule has 0 spiro atoms. The van der Waals surface area contributed by atoms with E-state index in [4.69, 9.17) is 4.74 Å². The maximum atomic E-state index is 12.9. The van der Waals surface area contributed by atoms with Gasteiger partial charge in [-0.1, -0.05) is 6.07 Å². The summed E-state index contributed by atoms with van der Waals surface area (Å²) in [5.74, 6) is 0.159. The highest BCUT2D eigenvalue weighted by Gasteiger charge is 2.54. The van der Waals surface area contributed by atoms with Crippen molar-refractivity contribution in [3.05, 3.63) is 22.4 Å². The number of ether oxygens (including phenoxy) is 1. The average Bonchev–Trinajstić information content (AvgIpc) is 3.19. The summed E-state index contributed by atoms with van der Waals surface area (Å²) in [6, 6.07) is 4.18. The van der Waals surface area contributed by atoms with Crippen molar-refractivity contribution >= 4 is 23.2 Å². The number of hydrogen-bond donors (Lipinski definition) is 0. The third-order valence-electron chi connectivity index (χ3n) is 5.64. The molecule has 0 radical (unpaired) electrons. The fourth-order valence-electron chi connectivity index (χ4n) is 4.21. The zero-order valence-electron chi connectivity index (χ0n) is 15.4. The number of hydrogen-bond acceptors (Lipinski definition) is 5. The first-order chi connectivity index (χ1) is 12.0. The Morgan fingerprint density at radius 2 is 2.20 bits per heavy atom. The van der Waals surface area contributed by atoms with E-state index in [2.05, 4.69) is 18.7 Å².